The van der Waals surface area contributed by atoms with E-state index in [1.165, 1.54) is 12.1 Å². The van der Waals surface area contributed by atoms with Crippen LogP contribution in [0.2, 0.25) is 0 Å². The molecule has 0 aliphatic carbocycles. The maximum atomic E-state index is 12.4. The van der Waals surface area contributed by atoms with E-state index in [1.807, 2.05) is 13.8 Å². The Bertz CT molecular complexity index is 789. The fraction of sp³-hybridized carbons (Fsp3) is 0.412. The summed E-state index contributed by atoms with van der Waals surface area (Å²) in [6, 6.07) is 6.31. The van der Waals surface area contributed by atoms with Crippen LogP contribution in [0.15, 0.2) is 24.3 Å². The molecule has 2 aromatic rings. The smallest absolute Gasteiger partial charge is 0.387 e. The van der Waals surface area contributed by atoms with Crippen LogP contribution in [-0.4, -0.2) is 33.6 Å². The lowest BCUT2D eigenvalue weighted by molar-refractivity contribution is -0.152. The van der Waals surface area contributed by atoms with E-state index in [-0.39, 0.29) is 24.8 Å². The van der Waals surface area contributed by atoms with Crippen molar-refractivity contribution in [3.63, 3.8) is 0 Å². The number of carboxylic acids is 1. The third-order valence-corrected chi connectivity index (χ3v) is 4.02. The van der Waals surface area contributed by atoms with Gasteiger partial charge in [-0.1, -0.05) is 12.1 Å². The van der Waals surface area contributed by atoms with Crippen LogP contribution in [0.4, 0.5) is 8.78 Å². The Kier molecular flexibility index (Phi) is 4.71. The summed E-state index contributed by atoms with van der Waals surface area (Å²) in [5.41, 5.74) is 2.78. The summed E-state index contributed by atoms with van der Waals surface area (Å²) >= 11 is 0. The number of ether oxygens (including phenoxy) is 2. The van der Waals surface area contributed by atoms with Gasteiger partial charge in [0.15, 0.2) is 6.10 Å². The summed E-state index contributed by atoms with van der Waals surface area (Å²) in [6.07, 6.45) is -0.702. The molecule has 2 heterocycles. The van der Waals surface area contributed by atoms with E-state index >= 15 is 0 Å². The molecule has 0 saturated carbocycles. The van der Waals surface area contributed by atoms with Crippen LogP contribution in [0.5, 0.6) is 5.75 Å². The van der Waals surface area contributed by atoms with Crippen molar-refractivity contribution in [1.29, 1.82) is 0 Å². The number of aliphatic carboxylic acids is 1. The fourth-order valence-electron chi connectivity index (χ4n) is 2.93. The molecule has 1 aromatic heterocycles. The maximum Gasteiger partial charge on any atom is 0.387 e. The summed E-state index contributed by atoms with van der Waals surface area (Å²) in [6.45, 7) is 1.09. The Morgan fingerprint density at radius 3 is 2.84 bits per heavy atom. The van der Waals surface area contributed by atoms with Crippen molar-refractivity contribution in [1.82, 2.24) is 9.78 Å². The molecule has 6 nitrogen and oxygen atoms in total. The molecule has 8 heteroatoms. The van der Waals surface area contributed by atoms with Crippen molar-refractivity contribution in [2.75, 3.05) is 0 Å². The zero-order valence-corrected chi connectivity index (χ0v) is 13.8. The normalized spacial score (nSPS) is 17.0. The monoisotopic (exact) mass is 352 g/mol. The van der Waals surface area contributed by atoms with E-state index < -0.39 is 18.7 Å². The minimum Gasteiger partial charge on any atom is -0.479 e. The van der Waals surface area contributed by atoms with E-state index in [9.17, 15) is 18.7 Å². The first kappa shape index (κ1) is 17.3. The second-order valence-electron chi connectivity index (χ2n) is 6.06. The number of aromatic nitrogens is 2. The molecule has 1 N–H and O–H groups in total. The Hall–Kier alpha value is -2.48. The van der Waals surface area contributed by atoms with Crippen LogP contribution >= 0.6 is 0 Å². The van der Waals surface area contributed by atoms with Crippen LogP contribution < -0.4 is 4.74 Å². The third kappa shape index (κ3) is 3.48. The largest absolute Gasteiger partial charge is 0.479 e. The molecule has 1 atom stereocenters. The molecule has 134 valence electrons. The lowest BCUT2D eigenvalue weighted by Crippen LogP contribution is -2.31. The predicted molar refractivity (Wildman–Crippen MR) is 84.6 cm³/mol. The molecule has 1 aromatic carbocycles. The van der Waals surface area contributed by atoms with Gasteiger partial charge in [0.2, 0.25) is 0 Å². The number of hydrogen-bond acceptors (Lipinski definition) is 4. The molecule has 1 unspecified atom stereocenters. The topological polar surface area (TPSA) is 73.6 Å². The van der Waals surface area contributed by atoms with Gasteiger partial charge < -0.3 is 14.6 Å². The molecule has 0 radical (unpaired) electrons. The standard InChI is InChI=1S/C17H18F2N2O4/c1-9(2)21-13-7-14(16(22)23)24-8-12(13)15(20-21)10-4-3-5-11(6-10)25-17(18)19/h3-6,9,14,17H,7-8H2,1-2H3,(H,22,23). The summed E-state index contributed by atoms with van der Waals surface area (Å²) in [5.74, 6) is -0.975. The third-order valence-electron chi connectivity index (χ3n) is 4.02. The first-order chi connectivity index (χ1) is 11.9. The summed E-state index contributed by atoms with van der Waals surface area (Å²) in [7, 11) is 0. The number of fused-ring (bicyclic) bond motifs is 1. The first-order valence-corrected chi connectivity index (χ1v) is 7.86. The SMILES string of the molecule is CC(C)n1nc(-c2cccc(OC(F)F)c2)c2c1CC(C(=O)O)OC2. The molecule has 3 rings (SSSR count). The highest BCUT2D eigenvalue weighted by Crippen LogP contribution is 2.34. The summed E-state index contributed by atoms with van der Waals surface area (Å²) < 4.78 is 36.5. The average Bonchev–Trinajstić information content (AvgIpc) is 2.93. The lowest BCUT2D eigenvalue weighted by Gasteiger charge is -2.22. The van der Waals surface area contributed by atoms with E-state index in [2.05, 4.69) is 9.84 Å². The molecule has 1 aliphatic rings. The van der Waals surface area contributed by atoms with Crippen molar-refractivity contribution in [2.45, 2.75) is 45.6 Å². The number of rotatable bonds is 5. The van der Waals surface area contributed by atoms with Crippen LogP contribution in [0, 0.1) is 0 Å². The van der Waals surface area contributed by atoms with E-state index in [0.717, 1.165) is 11.3 Å². The zero-order chi connectivity index (χ0) is 18.1. The number of nitrogens with zero attached hydrogens (tertiary/aromatic N) is 2. The van der Waals surface area contributed by atoms with Crippen molar-refractivity contribution in [3.8, 4) is 17.0 Å². The van der Waals surface area contributed by atoms with Gasteiger partial charge in [-0.05, 0) is 26.0 Å². The van der Waals surface area contributed by atoms with Gasteiger partial charge in [-0.25, -0.2) is 4.79 Å². The molecular weight excluding hydrogens is 334 g/mol. The molecule has 1 aliphatic heterocycles. The summed E-state index contributed by atoms with van der Waals surface area (Å²) in [5, 5.41) is 13.8. The number of carboxylic acid groups (broad SMARTS) is 1. The predicted octanol–water partition coefficient (Wildman–Crippen LogP) is 3.26. The highest BCUT2D eigenvalue weighted by atomic mass is 19.3. The number of carbonyl (C=O) groups is 1. The number of benzene rings is 1. The zero-order valence-electron chi connectivity index (χ0n) is 13.8. The summed E-state index contributed by atoms with van der Waals surface area (Å²) in [4.78, 5) is 11.2. The molecule has 0 fully saturated rings. The van der Waals surface area contributed by atoms with E-state index in [4.69, 9.17) is 4.74 Å². The second kappa shape index (κ2) is 6.79. The minimum atomic E-state index is -2.91. The number of hydrogen-bond donors (Lipinski definition) is 1. The highest BCUT2D eigenvalue weighted by molar-refractivity contribution is 5.74. The Labute approximate surface area is 143 Å². The van der Waals surface area contributed by atoms with Crippen molar-refractivity contribution >= 4 is 5.97 Å². The quantitative estimate of drug-likeness (QED) is 0.894. The van der Waals surface area contributed by atoms with E-state index in [1.54, 1.807) is 16.8 Å². The van der Waals surface area contributed by atoms with Crippen molar-refractivity contribution < 1.29 is 28.2 Å². The van der Waals surface area contributed by atoms with Crippen LogP contribution in [0.25, 0.3) is 11.3 Å². The Morgan fingerprint density at radius 2 is 2.20 bits per heavy atom. The number of halogens is 2. The molecule has 0 spiro atoms. The van der Waals surface area contributed by atoms with Crippen molar-refractivity contribution in [2.24, 2.45) is 0 Å². The molecule has 25 heavy (non-hydrogen) atoms. The minimum absolute atomic E-state index is 0.0236. The van der Waals surface area contributed by atoms with Gasteiger partial charge in [0, 0.05) is 29.3 Å². The second-order valence-corrected chi connectivity index (χ2v) is 6.06. The van der Waals surface area contributed by atoms with Crippen molar-refractivity contribution in [3.05, 3.63) is 35.5 Å². The Morgan fingerprint density at radius 1 is 1.44 bits per heavy atom. The first-order valence-electron chi connectivity index (χ1n) is 7.86. The van der Waals surface area contributed by atoms with Crippen LogP contribution in [0.1, 0.15) is 31.1 Å². The van der Waals surface area contributed by atoms with Gasteiger partial charge in [-0.2, -0.15) is 13.9 Å². The highest BCUT2D eigenvalue weighted by Gasteiger charge is 2.31. The van der Waals surface area contributed by atoms with Crippen LogP contribution in [0.3, 0.4) is 0 Å². The lowest BCUT2D eigenvalue weighted by atomic mass is 10.0. The number of alkyl halides is 2. The maximum absolute atomic E-state index is 12.4. The van der Waals surface area contributed by atoms with Crippen LogP contribution in [-0.2, 0) is 22.6 Å². The molecule has 0 bridgehead atoms. The molecular formula is C17H18F2N2O4. The fourth-order valence-corrected chi connectivity index (χ4v) is 2.93. The molecule has 0 saturated heterocycles. The van der Waals surface area contributed by atoms with Gasteiger partial charge in [0.05, 0.1) is 12.3 Å². The van der Waals surface area contributed by atoms with Gasteiger partial charge in [-0.15, -0.1) is 0 Å². The van der Waals surface area contributed by atoms with Gasteiger partial charge >= 0.3 is 12.6 Å². The Balaban J connectivity index is 2.04. The van der Waals surface area contributed by atoms with Gasteiger partial charge in [0.1, 0.15) is 5.75 Å². The van der Waals surface area contributed by atoms with E-state index in [0.29, 0.717) is 11.3 Å². The molecule has 0 amide bonds. The van der Waals surface area contributed by atoms with Gasteiger partial charge in [-0.3, -0.25) is 4.68 Å². The average molecular weight is 352 g/mol. The van der Waals surface area contributed by atoms with Gasteiger partial charge in [0.25, 0.3) is 0 Å².